The number of likely N-dealkylation sites (N-methyl/N-ethyl adjacent to an activating group) is 2. The van der Waals surface area contributed by atoms with E-state index in [4.69, 9.17) is 57.5 Å². The second-order valence-electron chi connectivity index (χ2n) is 16.8. The number of carboxylic acids is 1. The molecule has 406 valence electrons. The number of esters is 2. The Morgan fingerprint density at radius 3 is 1.36 bits per heavy atom. The number of rotatable bonds is 14. The van der Waals surface area contributed by atoms with Crippen LogP contribution in [-0.4, -0.2) is 99.3 Å². The molecule has 0 spiro atoms. The van der Waals surface area contributed by atoms with E-state index in [0.717, 1.165) is 25.7 Å². The zero-order valence-corrected chi connectivity index (χ0v) is 48.3. The maximum atomic E-state index is 12.6. The Kier molecular flexibility index (Phi) is 25.0. The van der Waals surface area contributed by atoms with Crippen LogP contribution in [0, 0.1) is 0 Å². The van der Waals surface area contributed by atoms with E-state index in [2.05, 4.69) is 148 Å². The molecule has 0 aliphatic heterocycles. The Balaban J connectivity index is 0.000000245. The Bertz CT molecular complexity index is 2910. The molecule has 8 rings (SSSR count). The molecule has 8 N–H and O–H groups in total. The zero-order chi connectivity index (χ0) is 55.9. The summed E-state index contributed by atoms with van der Waals surface area (Å²) in [5.41, 5.74) is 21.7. The Morgan fingerprint density at radius 1 is 0.636 bits per heavy atom. The number of carbonyl (C=O) groups excluding carboxylic acids is 3. The van der Waals surface area contributed by atoms with Crippen molar-refractivity contribution in [2.75, 3.05) is 56.2 Å². The topological polar surface area (TPSA) is 220 Å². The van der Waals surface area contributed by atoms with Gasteiger partial charge in [0.25, 0.3) is 5.91 Å². The number of carbonyl (C=O) groups is 4. The molecule has 0 fully saturated rings. The van der Waals surface area contributed by atoms with Gasteiger partial charge in [-0.2, -0.15) is 0 Å². The molecule has 2 aliphatic carbocycles. The highest BCUT2D eigenvalue weighted by Crippen LogP contribution is 2.34. The Hall–Kier alpha value is -6.69. The molecule has 0 saturated heterocycles. The maximum Gasteiger partial charge on any atom is 0.337 e. The average molecular weight is 1240 g/mol. The molecule has 2 heterocycles. The van der Waals surface area contributed by atoms with Crippen molar-refractivity contribution in [2.45, 2.75) is 51.6 Å². The molecule has 2 aliphatic rings. The predicted molar refractivity (Wildman–Crippen MR) is 319 cm³/mol. The standard InChI is InChI=1S/C27H28ClN5O3S.C22H19ClN4O2S.C5H11NO2.CH3I/c1-3-36-23(34)16-33(2)26(35)19-14-22(28)25(29-15-19)31-32-27(37)30-24-20-10-6-4-8-17(20)12-13-18-9-5-7-11-21(18)24;23-18-11-15(21(28)29)12-24-20(18)26-27-22(30)25-19-16-7-3-1-5-13(16)9-10-14-6-2-4-8-17(14)19;1-3-8-5(7)4-6-2;1-2/h4-11,14-15,24H,3,12-13,16H2,1-2H3,(H,29,31)(H2,30,32,37);1-8,11-12,19H,9-10H2,(H,24,26)(H,28,29)(H2,25,27,30);6H,3-4H2,1-2H3;1H3. The van der Waals surface area contributed by atoms with Crippen LogP contribution in [0.5, 0.6) is 0 Å². The first kappa shape index (κ1) is 61.2. The molecular formula is C55H61Cl2IN10O7S2. The van der Waals surface area contributed by atoms with E-state index in [0.29, 0.717) is 29.2 Å². The number of amides is 1. The molecule has 6 aromatic rings. The van der Waals surface area contributed by atoms with Gasteiger partial charge in [0, 0.05) is 19.4 Å². The van der Waals surface area contributed by atoms with Gasteiger partial charge in [0.05, 0.1) is 53.0 Å². The van der Waals surface area contributed by atoms with E-state index in [9.17, 15) is 19.2 Å². The van der Waals surface area contributed by atoms with Crippen LogP contribution in [0.4, 0.5) is 11.6 Å². The normalized spacial score (nSPS) is 11.9. The third-order valence-electron chi connectivity index (χ3n) is 11.8. The summed E-state index contributed by atoms with van der Waals surface area (Å²) in [6.45, 7) is 4.33. The van der Waals surface area contributed by atoms with Crippen LogP contribution < -0.4 is 37.7 Å². The van der Waals surface area contributed by atoms with Crippen molar-refractivity contribution in [2.24, 2.45) is 0 Å². The van der Waals surface area contributed by atoms with Gasteiger partial charge in [-0.3, -0.25) is 36.1 Å². The van der Waals surface area contributed by atoms with E-state index in [1.165, 1.54) is 81.0 Å². The number of carboxylic acid groups (broad SMARTS) is 1. The van der Waals surface area contributed by atoms with E-state index < -0.39 is 17.8 Å². The summed E-state index contributed by atoms with van der Waals surface area (Å²) in [5, 5.41) is 19.6. The van der Waals surface area contributed by atoms with E-state index in [-0.39, 0.29) is 58.2 Å². The first-order valence-corrected chi connectivity index (χ1v) is 28.0. The molecule has 1 amide bonds. The number of nitrogens with zero attached hydrogens (tertiary/aromatic N) is 3. The van der Waals surface area contributed by atoms with Gasteiger partial charge < -0.3 is 35.4 Å². The maximum absolute atomic E-state index is 12.6. The smallest absolute Gasteiger partial charge is 0.337 e. The van der Waals surface area contributed by atoms with E-state index in [1.807, 2.05) is 29.2 Å². The Morgan fingerprint density at radius 2 is 1.00 bits per heavy atom. The fourth-order valence-electron chi connectivity index (χ4n) is 8.27. The van der Waals surface area contributed by atoms with Crippen LogP contribution in [0.25, 0.3) is 0 Å². The average Bonchev–Trinajstić information content (AvgIpc) is 3.69. The number of nitrogens with one attached hydrogen (secondary N) is 7. The lowest BCUT2D eigenvalue weighted by molar-refractivity contribution is -0.143. The summed E-state index contributed by atoms with van der Waals surface area (Å²) in [5.74, 6) is -1.59. The van der Waals surface area contributed by atoms with Crippen molar-refractivity contribution in [3.63, 3.8) is 0 Å². The number of fused-ring (bicyclic) bond motifs is 4. The third-order valence-corrected chi connectivity index (χ3v) is 12.8. The van der Waals surface area contributed by atoms with Crippen LogP contribution in [-0.2, 0) is 44.7 Å². The number of benzene rings is 4. The van der Waals surface area contributed by atoms with Crippen molar-refractivity contribution in [3.05, 3.63) is 187 Å². The zero-order valence-electron chi connectivity index (χ0n) is 43.0. The lowest BCUT2D eigenvalue weighted by Crippen LogP contribution is -2.41. The second kappa shape index (κ2) is 31.5. The quantitative estimate of drug-likeness (QED) is 0.0168. The Labute approximate surface area is 483 Å². The number of pyridine rings is 2. The minimum absolute atomic E-state index is 0.0120. The molecule has 0 bridgehead atoms. The van der Waals surface area contributed by atoms with Crippen LogP contribution in [0.15, 0.2) is 122 Å². The fraction of sp³-hybridized carbons (Fsp3) is 0.273. The first-order valence-electron chi connectivity index (χ1n) is 24.3. The number of aromatic nitrogens is 2. The van der Waals surface area contributed by atoms with Crippen molar-refractivity contribution < 1.29 is 33.8 Å². The summed E-state index contributed by atoms with van der Waals surface area (Å²) in [7, 11) is 3.21. The summed E-state index contributed by atoms with van der Waals surface area (Å²) in [6, 6.07) is 36.0. The van der Waals surface area contributed by atoms with Crippen molar-refractivity contribution in [1.82, 2.24) is 41.7 Å². The number of anilines is 2. The molecule has 0 atom stereocenters. The number of aromatic carboxylic acids is 1. The molecule has 0 unspecified atom stereocenters. The van der Waals surface area contributed by atoms with Crippen LogP contribution in [0.1, 0.15) is 91.2 Å². The van der Waals surface area contributed by atoms with Gasteiger partial charge in [-0.15, -0.1) is 0 Å². The highest BCUT2D eigenvalue weighted by Gasteiger charge is 2.26. The van der Waals surface area contributed by atoms with Crippen LogP contribution >= 0.6 is 70.2 Å². The molecule has 4 aromatic carbocycles. The predicted octanol–water partition coefficient (Wildman–Crippen LogP) is 8.98. The molecule has 77 heavy (non-hydrogen) atoms. The SMILES string of the molecule is CCOC(=O)CN(C)C(=O)c1cnc(NNC(=S)NC2c3ccccc3CCc3ccccc32)c(Cl)c1.CCOC(=O)CNC.CI.O=C(O)c1cnc(NNC(=S)NC2c3ccccc3CCc3ccccc32)c(Cl)c1. The number of hydrazine groups is 2. The number of ether oxygens (including phenoxy) is 2. The van der Waals surface area contributed by atoms with E-state index in [1.54, 1.807) is 20.9 Å². The molecule has 2 aromatic heterocycles. The lowest BCUT2D eigenvalue weighted by atomic mass is 9.95. The first-order chi connectivity index (χ1) is 37.2. The van der Waals surface area contributed by atoms with Gasteiger partial charge in [-0.1, -0.05) is 143 Å². The number of alkyl halides is 1. The fourth-order valence-corrected chi connectivity index (χ4v) is 9.03. The van der Waals surface area contributed by atoms with Gasteiger partial charge in [0.2, 0.25) is 0 Å². The number of thiocarbonyl (C=S) groups is 2. The molecule has 0 radical (unpaired) electrons. The lowest BCUT2D eigenvalue weighted by Gasteiger charge is -2.24. The minimum Gasteiger partial charge on any atom is -0.478 e. The summed E-state index contributed by atoms with van der Waals surface area (Å²) < 4.78 is 9.47. The molecular weight excluding hydrogens is 1170 g/mol. The largest absolute Gasteiger partial charge is 0.478 e. The van der Waals surface area contributed by atoms with Crippen molar-refractivity contribution in [3.8, 4) is 0 Å². The van der Waals surface area contributed by atoms with Gasteiger partial charge in [-0.25, -0.2) is 14.8 Å². The summed E-state index contributed by atoms with van der Waals surface area (Å²) >= 11 is 25.7. The van der Waals surface area contributed by atoms with Crippen LogP contribution in [0.2, 0.25) is 10.0 Å². The van der Waals surface area contributed by atoms with Gasteiger partial charge in [0.1, 0.15) is 6.54 Å². The van der Waals surface area contributed by atoms with Crippen LogP contribution in [0.3, 0.4) is 0 Å². The third kappa shape index (κ3) is 17.9. The number of halogens is 3. The minimum atomic E-state index is -1.09. The van der Waals surface area contributed by atoms with Crippen molar-refractivity contribution >= 4 is 116 Å². The number of hydrogen-bond acceptors (Lipinski definition) is 13. The number of aryl methyl sites for hydroxylation is 4. The highest BCUT2D eigenvalue weighted by molar-refractivity contribution is 14.1. The monoisotopic (exact) mass is 1230 g/mol. The van der Waals surface area contributed by atoms with Gasteiger partial charge >= 0.3 is 17.9 Å². The highest BCUT2D eigenvalue weighted by atomic mass is 127. The van der Waals surface area contributed by atoms with Gasteiger partial charge in [-0.05, 0) is 133 Å². The van der Waals surface area contributed by atoms with E-state index >= 15 is 0 Å². The summed E-state index contributed by atoms with van der Waals surface area (Å²) in [4.78, 5) is 57.2. The second-order valence-corrected chi connectivity index (χ2v) is 18.5. The molecule has 22 heteroatoms. The summed E-state index contributed by atoms with van der Waals surface area (Å²) in [6.07, 6.45) is 6.48. The molecule has 0 saturated carbocycles. The molecule has 17 nitrogen and oxygen atoms in total. The number of hydrogen-bond donors (Lipinski definition) is 8. The van der Waals surface area contributed by atoms with Crippen molar-refractivity contribution in [1.29, 1.82) is 0 Å². The van der Waals surface area contributed by atoms with Gasteiger partial charge in [0.15, 0.2) is 21.9 Å².